The van der Waals surface area contributed by atoms with E-state index in [9.17, 15) is 49.2 Å². The molecule has 0 bridgehead atoms. The van der Waals surface area contributed by atoms with E-state index < -0.39 is 71.0 Å². The van der Waals surface area contributed by atoms with Crippen molar-refractivity contribution in [1.82, 2.24) is 0 Å². The van der Waals surface area contributed by atoms with Gasteiger partial charge in [-0.15, -0.1) is 0 Å². The van der Waals surface area contributed by atoms with Gasteiger partial charge in [-0.25, -0.2) is 0 Å². The van der Waals surface area contributed by atoms with Gasteiger partial charge in [0, 0.05) is 36.5 Å². The largest absolute Gasteiger partial charge is 0.450 e. The van der Waals surface area contributed by atoms with Gasteiger partial charge in [0.25, 0.3) is 0 Å². The Morgan fingerprint density at radius 1 is 0.603 bits per heavy atom. The van der Waals surface area contributed by atoms with Crippen LogP contribution >= 0.6 is 0 Å². The lowest BCUT2D eigenvalue weighted by atomic mass is 9.45. The number of ether oxygens (including phenoxy) is 2. The van der Waals surface area contributed by atoms with Crippen LogP contribution in [0.5, 0.6) is 0 Å². The number of esters is 2. The highest BCUT2D eigenvalue weighted by Gasteiger charge is 2.72. The highest BCUT2D eigenvalue weighted by molar-refractivity contribution is 5.94. The molecule has 0 saturated heterocycles. The van der Waals surface area contributed by atoms with Gasteiger partial charge in [0.2, 0.25) is 11.6 Å². The topological polar surface area (TPSA) is 233 Å². The van der Waals surface area contributed by atoms with Crippen molar-refractivity contribution in [3.63, 3.8) is 0 Å². The minimum Gasteiger partial charge on any atom is -0.450 e. The predicted octanol–water partition coefficient (Wildman–Crippen LogP) is 5.44. The summed E-state index contributed by atoms with van der Waals surface area (Å²) in [5.41, 5.74) is -2.24. The molecule has 0 aromatic heterocycles. The Morgan fingerprint density at radius 3 is 1.30 bits per heavy atom. The van der Waals surface area contributed by atoms with Gasteiger partial charge in [-0.2, -0.15) is 0 Å². The molecule has 63 heavy (non-hydrogen) atoms. The molecule has 6 fully saturated rings. The summed E-state index contributed by atoms with van der Waals surface area (Å²) in [5.74, 6) is -0.640. The van der Waals surface area contributed by atoms with Gasteiger partial charge in [-0.1, -0.05) is 52.7 Å². The van der Waals surface area contributed by atoms with Gasteiger partial charge in [0.15, 0.2) is 22.8 Å². The van der Waals surface area contributed by atoms with Crippen molar-refractivity contribution in [1.29, 1.82) is 0 Å². The maximum absolute atomic E-state index is 13.1. The normalized spacial score (nSPS) is 43.3. The summed E-state index contributed by atoms with van der Waals surface area (Å²) in [6.45, 7) is 10.8. The number of allylic oxidation sites excluding steroid dienone is 2. The quantitative estimate of drug-likeness (QED) is 0.201. The van der Waals surface area contributed by atoms with Crippen molar-refractivity contribution in [3.8, 4) is 0 Å². The fourth-order valence-corrected chi connectivity index (χ4v) is 15.9. The van der Waals surface area contributed by atoms with Crippen LogP contribution in [0.1, 0.15) is 157 Å². The number of ketones is 4. The molecule has 8 rings (SSSR count). The van der Waals surface area contributed by atoms with Crippen LogP contribution in [0.3, 0.4) is 0 Å². The first-order valence-electron chi connectivity index (χ1n) is 23.8. The lowest BCUT2D eigenvalue weighted by Gasteiger charge is -2.60. The molecule has 0 aromatic carbocycles. The Bertz CT molecular complexity index is 1770. The number of aliphatic hydroxyl groups excluding tert-OH is 4. The smallest absolute Gasteiger partial charge is 0.306 e. The summed E-state index contributed by atoms with van der Waals surface area (Å²) < 4.78 is 11.8. The van der Waals surface area contributed by atoms with Gasteiger partial charge < -0.3 is 35.4 Å². The molecule has 0 radical (unpaired) electrons. The van der Waals surface area contributed by atoms with E-state index in [-0.39, 0.29) is 76.2 Å². The van der Waals surface area contributed by atoms with Crippen LogP contribution in [0, 0.1) is 57.2 Å². The van der Waals surface area contributed by atoms with E-state index in [1.807, 2.05) is 27.7 Å². The molecule has 8 aliphatic carbocycles. The standard InChI is InChI=1S/2C25H36O6.H2O/c2*1-4-5-21(30)31-25(20(29)14-26)11-9-18-17-7-6-15-12-16(27)8-10-23(15,2)22(17)19(28)13-24(18,25)3;/h2*12,17-19,22,26,28H,4-11,13-14H2,1-3H3;1H2/t2*17-,18-,19-,22+,23-,24-,25-;/m00./s1. The zero-order valence-electron chi connectivity index (χ0n) is 38.5. The van der Waals surface area contributed by atoms with Crippen LogP contribution in [0.25, 0.3) is 0 Å². The molecule has 0 spiro atoms. The minimum absolute atomic E-state index is 0. The Morgan fingerprint density at radius 2 is 0.968 bits per heavy atom. The van der Waals surface area contributed by atoms with Crippen molar-refractivity contribution < 1.29 is 64.1 Å². The van der Waals surface area contributed by atoms with E-state index in [1.165, 1.54) is 0 Å². The summed E-state index contributed by atoms with van der Waals surface area (Å²) in [5, 5.41) is 42.5. The number of aliphatic hydroxyl groups is 4. The molecule has 0 amide bonds. The third-order valence-electron chi connectivity index (χ3n) is 18.7. The van der Waals surface area contributed by atoms with Gasteiger partial charge >= 0.3 is 11.9 Å². The number of carbonyl (C=O) groups is 6. The number of rotatable bonds is 10. The molecular formula is C50H74O13. The second-order valence-corrected chi connectivity index (χ2v) is 21.5. The molecular weight excluding hydrogens is 809 g/mol. The summed E-state index contributed by atoms with van der Waals surface area (Å²) in [6, 6.07) is 0. The van der Waals surface area contributed by atoms with Gasteiger partial charge in [0.1, 0.15) is 13.2 Å². The van der Waals surface area contributed by atoms with Crippen LogP contribution in [0.2, 0.25) is 0 Å². The lowest BCUT2D eigenvalue weighted by molar-refractivity contribution is -0.202. The Balaban J connectivity index is 0.000000206. The van der Waals surface area contributed by atoms with Crippen molar-refractivity contribution in [3.05, 3.63) is 23.3 Å². The second-order valence-electron chi connectivity index (χ2n) is 21.5. The lowest BCUT2D eigenvalue weighted by Crippen LogP contribution is -2.63. The fourth-order valence-electron chi connectivity index (χ4n) is 15.9. The van der Waals surface area contributed by atoms with Crippen molar-refractivity contribution >= 4 is 35.1 Å². The monoisotopic (exact) mass is 883 g/mol. The van der Waals surface area contributed by atoms with Gasteiger partial charge in [-0.3, -0.25) is 28.8 Å². The van der Waals surface area contributed by atoms with E-state index in [0.29, 0.717) is 51.4 Å². The van der Waals surface area contributed by atoms with E-state index in [1.54, 1.807) is 12.2 Å². The van der Waals surface area contributed by atoms with Crippen LogP contribution < -0.4 is 0 Å². The van der Waals surface area contributed by atoms with E-state index in [4.69, 9.17) is 9.47 Å². The molecule has 14 atom stereocenters. The summed E-state index contributed by atoms with van der Waals surface area (Å²) in [4.78, 5) is 75.3. The molecule has 6 saturated carbocycles. The van der Waals surface area contributed by atoms with Gasteiger partial charge in [-0.05, 0) is 148 Å². The zero-order valence-corrected chi connectivity index (χ0v) is 38.5. The number of carbonyl (C=O) groups excluding carboxylic acids is 6. The van der Waals surface area contributed by atoms with E-state index in [2.05, 4.69) is 13.8 Å². The highest BCUT2D eigenvalue weighted by atomic mass is 16.6. The average Bonchev–Trinajstić information content (AvgIpc) is 3.67. The molecule has 0 heterocycles. The van der Waals surface area contributed by atoms with E-state index >= 15 is 0 Å². The van der Waals surface area contributed by atoms with Crippen LogP contribution in [-0.4, -0.2) is 97.6 Å². The first kappa shape index (κ1) is 49.3. The van der Waals surface area contributed by atoms with E-state index in [0.717, 1.165) is 62.5 Å². The molecule has 6 N–H and O–H groups in total. The Hall–Kier alpha value is -3.10. The summed E-state index contributed by atoms with van der Waals surface area (Å²) in [7, 11) is 0. The van der Waals surface area contributed by atoms with Crippen molar-refractivity contribution in [2.24, 2.45) is 57.2 Å². The molecule has 0 unspecified atom stereocenters. The average molecular weight is 883 g/mol. The summed E-state index contributed by atoms with van der Waals surface area (Å²) in [6.07, 6.45) is 13.0. The number of hydrogen-bond donors (Lipinski definition) is 4. The van der Waals surface area contributed by atoms with Gasteiger partial charge in [0.05, 0.1) is 12.2 Å². The maximum Gasteiger partial charge on any atom is 0.306 e. The maximum atomic E-state index is 13.1. The third-order valence-corrected chi connectivity index (χ3v) is 18.7. The first-order valence-corrected chi connectivity index (χ1v) is 23.8. The molecule has 0 aliphatic heterocycles. The highest BCUT2D eigenvalue weighted by Crippen LogP contribution is 2.70. The molecule has 13 heteroatoms. The fraction of sp³-hybridized carbons (Fsp3) is 0.800. The molecule has 352 valence electrons. The molecule has 0 aromatic rings. The number of Topliss-reactive ketones (excluding diaryl/α,β-unsaturated/α-hetero) is 2. The van der Waals surface area contributed by atoms with Crippen LogP contribution in [0.4, 0.5) is 0 Å². The van der Waals surface area contributed by atoms with Crippen molar-refractivity contribution in [2.45, 2.75) is 181 Å². The third kappa shape index (κ3) is 7.55. The number of fused-ring (bicyclic) bond motifs is 10. The second kappa shape index (κ2) is 17.9. The molecule has 8 aliphatic rings. The van der Waals surface area contributed by atoms with Crippen molar-refractivity contribution in [2.75, 3.05) is 13.2 Å². The zero-order chi connectivity index (χ0) is 45.2. The summed E-state index contributed by atoms with van der Waals surface area (Å²) >= 11 is 0. The van der Waals surface area contributed by atoms with Crippen LogP contribution in [0.15, 0.2) is 23.3 Å². The van der Waals surface area contributed by atoms with Crippen LogP contribution in [-0.2, 0) is 38.2 Å². The SMILES string of the molecule is CCCC(=O)O[C@]1(C(=O)CO)CC[C@H]2[C@@H]3CCC4=CC(=O)CC[C@]4(C)[C@H]3[C@@H](O)C[C@@]21C.CCCC(=O)O[C@]1(C(=O)CO)CC[C@H]2[C@@H]3CCC4=CC(=O)CC[C@]4(C)[C@H]3[C@@H](O)C[C@@]21C.O. The first-order chi connectivity index (χ1) is 29.3. The Labute approximate surface area is 372 Å². The predicted molar refractivity (Wildman–Crippen MR) is 231 cm³/mol. The minimum atomic E-state index is -1.37. The number of hydrogen-bond acceptors (Lipinski definition) is 12. The molecule has 13 nitrogen and oxygen atoms in total. The Kier molecular flexibility index (Phi) is 14.1.